The van der Waals surface area contributed by atoms with E-state index in [0.29, 0.717) is 79.0 Å². The zero-order valence-electron chi connectivity index (χ0n) is 79.2. The number of carbonyl (C=O) groups excluding carboxylic acids is 5. The maximum absolute atomic E-state index is 16.5. The fraction of sp³-hybridized carbons (Fsp3) is 0.308. The molecule has 3 amide bonds. The Labute approximate surface area is 870 Å². The van der Waals surface area contributed by atoms with Gasteiger partial charge in [-0.25, -0.2) is 114 Å². The molecule has 6 fully saturated rings. The summed E-state index contributed by atoms with van der Waals surface area (Å²) >= 11 is 0. The Morgan fingerprint density at radius 3 is 0.880 bits per heavy atom. The summed E-state index contributed by atoms with van der Waals surface area (Å²) in [6, 6.07) is 37.5. The summed E-state index contributed by atoms with van der Waals surface area (Å²) in [6.07, 6.45) is 15.1. The number of phenols is 2. The SMILES string of the molecule is O=C(O)c1cc(F)c(N(Cc2ccc(C3CCCCC3)cc2)C(=O)[C@H]2CCN2S(=O)(=O)c2c(F)c(F)c(F)c(F)c2F)cc1O.O=C(OCc1ccccc1)c1cc(F)c(N(Cc2ccc(C3CCCCC3)cc2)C(=O)[C@H]2CCN2S(=O)(=O)c2c(F)c(F)c(F)c(F)c2F)cc1OCc1ccccc1.O=C([O-])c1cc(F)c(N(Cc2ccc(C3CCCCC3)cc2)C(=O)[C@H]2CCN2S(=O)(=O)c2c(F)c(F)c(F)c(F)c2F)cc1O.[HH].[Na+]. The number of esters is 1. The second-order valence-corrected chi connectivity index (χ2v) is 41.8. The van der Waals surface area contributed by atoms with Crippen LogP contribution in [0.4, 0.5) is 96.1 Å². The average molecular weight is 2170 g/mol. The van der Waals surface area contributed by atoms with Gasteiger partial charge in [-0.15, -0.1) is 0 Å². The molecule has 0 unspecified atom stereocenters. The molecule has 3 saturated carbocycles. The number of aromatic carboxylic acids is 2. The van der Waals surface area contributed by atoms with Crippen molar-refractivity contribution in [2.75, 3.05) is 34.3 Å². The first-order valence-electron chi connectivity index (χ1n) is 46.8. The number of halogens is 18. The van der Waals surface area contributed by atoms with Crippen molar-refractivity contribution in [3.05, 3.63) is 336 Å². The van der Waals surface area contributed by atoms with Gasteiger partial charge in [0.2, 0.25) is 65.2 Å². The molecule has 11 aromatic carbocycles. The number of carbonyl (C=O) groups is 6. The van der Waals surface area contributed by atoms with Gasteiger partial charge in [-0.3, -0.25) is 14.4 Å². The number of carboxylic acid groups (broad SMARTS) is 2. The van der Waals surface area contributed by atoms with Crippen molar-refractivity contribution in [1.29, 1.82) is 0 Å². The Morgan fingerprint density at radius 2 is 0.600 bits per heavy atom. The van der Waals surface area contributed by atoms with E-state index in [1.54, 1.807) is 97.1 Å². The van der Waals surface area contributed by atoms with Crippen LogP contribution in [0.25, 0.3) is 0 Å². The Hall–Kier alpha value is -12.9. The molecular weight excluding hydrogens is 2080 g/mol. The predicted octanol–water partition coefficient (Wildman–Crippen LogP) is 17.4. The molecule has 0 aromatic heterocycles. The second-order valence-electron chi connectivity index (χ2n) is 36.3. The largest absolute Gasteiger partial charge is 1.00 e. The number of ether oxygens (including phenoxy) is 2. The number of hydrogen-bond donors (Lipinski definition) is 3. The van der Waals surface area contributed by atoms with Crippen LogP contribution in [0.1, 0.15) is 210 Å². The van der Waals surface area contributed by atoms with Crippen LogP contribution in [-0.2, 0) is 82.0 Å². The van der Waals surface area contributed by atoms with Gasteiger partial charge in [0.1, 0.15) is 77.2 Å². The van der Waals surface area contributed by atoms with Gasteiger partial charge in [-0.1, -0.05) is 191 Å². The molecule has 0 bridgehead atoms. The van der Waals surface area contributed by atoms with Gasteiger partial charge in [-0.05, 0) is 138 Å². The van der Waals surface area contributed by atoms with Crippen LogP contribution in [0.2, 0.25) is 0 Å². The van der Waals surface area contributed by atoms with Gasteiger partial charge < -0.3 is 49.4 Å². The summed E-state index contributed by atoms with van der Waals surface area (Å²) in [5.41, 5.74) is 2.00. The van der Waals surface area contributed by atoms with Gasteiger partial charge in [0.05, 0.1) is 42.7 Å². The minimum Gasteiger partial charge on any atom is -0.545 e. The quantitative estimate of drug-likeness (QED) is 0.0129. The topological polar surface area (TPSA) is 326 Å². The van der Waals surface area contributed by atoms with Gasteiger partial charge in [0.15, 0.2) is 84.5 Å². The van der Waals surface area contributed by atoms with Crippen LogP contribution in [0.3, 0.4) is 0 Å². The first kappa shape index (κ1) is 113. The minimum atomic E-state index is -5.52. The number of sulfonamides is 3. The Bertz CT molecular complexity index is 7040. The van der Waals surface area contributed by atoms with Gasteiger partial charge >= 0.3 is 41.5 Å². The zero-order valence-corrected chi connectivity index (χ0v) is 83.6. The van der Waals surface area contributed by atoms with Crippen molar-refractivity contribution < 1.29 is 194 Å². The Morgan fingerprint density at radius 1 is 0.333 bits per heavy atom. The van der Waals surface area contributed by atoms with Crippen molar-refractivity contribution in [2.24, 2.45) is 0 Å². The molecule has 790 valence electrons. The van der Waals surface area contributed by atoms with E-state index in [2.05, 4.69) is 0 Å². The molecule has 3 aliphatic carbocycles. The van der Waals surface area contributed by atoms with Crippen LogP contribution < -0.4 is 54.1 Å². The van der Waals surface area contributed by atoms with E-state index in [0.717, 1.165) is 135 Å². The van der Waals surface area contributed by atoms with Crippen LogP contribution in [0.15, 0.2) is 185 Å². The first-order valence-corrected chi connectivity index (χ1v) is 51.2. The number of benzene rings is 11. The predicted molar refractivity (Wildman–Crippen MR) is 498 cm³/mol. The zero-order chi connectivity index (χ0) is 107. The minimum absolute atomic E-state index is 0. The molecule has 3 heterocycles. The molecule has 3 atom stereocenters. The van der Waals surface area contributed by atoms with Crippen LogP contribution in [0, 0.1) is 105 Å². The fourth-order valence-electron chi connectivity index (χ4n) is 18.8. The van der Waals surface area contributed by atoms with E-state index in [1.165, 1.54) is 0 Å². The summed E-state index contributed by atoms with van der Waals surface area (Å²) in [7, 11) is -16.5. The summed E-state index contributed by atoms with van der Waals surface area (Å²) in [5.74, 6) is -51.0. The standard InChI is InChI=1S/C44H38F6N2O6S.2C30H26F6N2O6S.Na.H2/c45-33-22-32(44(54)58-26-29-12-6-2-7-13-29)36(57-25-28-10-4-1-5-11-28)23-35(33)51(24-27-16-18-31(19-17-27)30-14-8-3-9-15-30)43(53)34-20-21-52(34)59(55,56)42-40(49)38(47)37(46)39(48)41(42)50;2*31-19-12-18(30(41)42)22(39)13-21(19)37(14-15-6-8-17(9-7-15)16-4-2-1-3-5-16)29(40)20-10-11-38(20)45(43,44)28-26(35)24(33)23(32)25(34)27(28)36;;/h1-2,4-7,10-13,16-19,22-23,30,34H,3,8-9,14-15,20-21,24-26H2;2*6-9,12-13,16,20,39H,1-5,10-11,14H2,(H,41,42);;1H/q;;;+1;/p-1/t34-;2*20-;;/m111../s1. The third-order valence-electron chi connectivity index (χ3n) is 27.1. The molecule has 3 N–H and O–H groups in total. The van der Waals surface area contributed by atoms with Crippen molar-refractivity contribution in [1.82, 2.24) is 12.9 Å². The molecular formula is C104H91F18N6NaO18S3. The van der Waals surface area contributed by atoms with Crippen LogP contribution in [0.5, 0.6) is 17.2 Å². The molecule has 17 rings (SSSR count). The summed E-state index contributed by atoms with van der Waals surface area (Å²) in [5, 5.41) is 41.0. The van der Waals surface area contributed by atoms with Crippen molar-refractivity contribution in [2.45, 2.75) is 199 Å². The molecule has 3 saturated heterocycles. The van der Waals surface area contributed by atoms with E-state index in [4.69, 9.17) is 9.47 Å². The Balaban J connectivity index is 0.000000190. The maximum atomic E-state index is 16.5. The van der Waals surface area contributed by atoms with Crippen LogP contribution in [-0.4, -0.2) is 127 Å². The molecule has 0 radical (unpaired) electrons. The number of anilines is 3. The summed E-state index contributed by atoms with van der Waals surface area (Å²) < 4.78 is 352. The fourth-order valence-corrected chi connectivity index (χ4v) is 24.0. The van der Waals surface area contributed by atoms with E-state index < -0.39 is 276 Å². The molecule has 150 heavy (non-hydrogen) atoms. The van der Waals surface area contributed by atoms with Crippen LogP contribution >= 0.6 is 0 Å². The third-order valence-corrected chi connectivity index (χ3v) is 32.9. The maximum Gasteiger partial charge on any atom is 1.00 e. The number of carboxylic acids is 2. The van der Waals surface area contributed by atoms with E-state index in [1.807, 2.05) is 36.4 Å². The number of amides is 3. The van der Waals surface area contributed by atoms with Crippen molar-refractivity contribution in [3.8, 4) is 17.2 Å². The third kappa shape index (κ3) is 23.4. The molecule has 11 aromatic rings. The van der Waals surface area contributed by atoms with Crippen molar-refractivity contribution in [3.63, 3.8) is 0 Å². The summed E-state index contributed by atoms with van der Waals surface area (Å²) in [6.45, 7) is -3.09. The monoisotopic (exact) mass is 2170 g/mol. The van der Waals surface area contributed by atoms with E-state index in [-0.39, 0.29) is 89.9 Å². The molecule has 46 heteroatoms. The van der Waals surface area contributed by atoms with Gasteiger partial charge in [0, 0.05) is 44.8 Å². The number of hydrogen-bond acceptors (Lipinski definition) is 17. The Kier molecular flexibility index (Phi) is 35.6. The molecule has 3 aliphatic heterocycles. The second kappa shape index (κ2) is 47.3. The van der Waals surface area contributed by atoms with E-state index in [9.17, 15) is 140 Å². The van der Waals surface area contributed by atoms with Gasteiger partial charge in [0.25, 0.3) is 0 Å². The number of rotatable bonds is 29. The normalized spacial score (nSPS) is 16.9. The molecule has 0 spiro atoms. The molecule has 24 nitrogen and oxygen atoms in total. The van der Waals surface area contributed by atoms with E-state index >= 15 is 13.2 Å². The first-order chi connectivity index (χ1) is 70.8. The molecule has 6 aliphatic rings. The number of aromatic hydroxyl groups is 2. The summed E-state index contributed by atoms with van der Waals surface area (Å²) in [4.78, 5) is 74.3. The number of nitrogens with zero attached hydrogens (tertiary/aromatic N) is 6. The average Bonchev–Trinajstić information content (AvgIpc) is 0.737. The van der Waals surface area contributed by atoms with Gasteiger partial charge in [-0.2, -0.15) is 12.9 Å². The van der Waals surface area contributed by atoms with Crippen molar-refractivity contribution >= 4 is 82.8 Å². The smallest absolute Gasteiger partial charge is 0.545 e.